The Bertz CT molecular complexity index is 1520. The molecule has 170 valence electrons. The minimum atomic E-state index is -0.224. The SMILES string of the molecule is COc1ccc(-c2nn(-c3ccccc3)c3c2[C@@]2(c4ccccc4)C[C@@H](C3)c3ccccc32)cc1. The third-order valence-electron chi connectivity index (χ3n) is 7.89. The summed E-state index contributed by atoms with van der Waals surface area (Å²) in [7, 11) is 1.71. The van der Waals surface area contributed by atoms with Gasteiger partial charge < -0.3 is 4.74 Å². The second kappa shape index (κ2) is 7.71. The van der Waals surface area contributed by atoms with Gasteiger partial charge in [-0.25, -0.2) is 4.68 Å². The van der Waals surface area contributed by atoms with Gasteiger partial charge in [0.25, 0.3) is 0 Å². The van der Waals surface area contributed by atoms with E-state index in [-0.39, 0.29) is 5.41 Å². The minimum absolute atomic E-state index is 0.224. The van der Waals surface area contributed by atoms with E-state index in [2.05, 4.69) is 102 Å². The molecule has 4 aromatic carbocycles. The van der Waals surface area contributed by atoms with Gasteiger partial charge in [0, 0.05) is 22.2 Å². The highest BCUT2D eigenvalue weighted by Crippen LogP contribution is 2.60. The molecule has 2 atom stereocenters. The van der Waals surface area contributed by atoms with E-state index >= 15 is 0 Å². The molecule has 3 nitrogen and oxygen atoms in total. The first-order valence-electron chi connectivity index (χ1n) is 12.3. The zero-order valence-corrected chi connectivity index (χ0v) is 19.7. The van der Waals surface area contributed by atoms with Gasteiger partial charge >= 0.3 is 0 Å². The maximum absolute atomic E-state index is 5.45. The fraction of sp³-hybridized carbons (Fsp3) is 0.156. The maximum atomic E-state index is 5.45. The van der Waals surface area contributed by atoms with E-state index in [0.717, 1.165) is 35.5 Å². The lowest BCUT2D eigenvalue weighted by atomic mass is 9.65. The Balaban J connectivity index is 1.58. The van der Waals surface area contributed by atoms with E-state index in [1.165, 1.54) is 27.9 Å². The largest absolute Gasteiger partial charge is 0.497 e. The van der Waals surface area contributed by atoms with Crippen LogP contribution in [-0.4, -0.2) is 16.9 Å². The summed E-state index contributed by atoms with van der Waals surface area (Å²) >= 11 is 0. The normalized spacial score (nSPS) is 19.7. The molecule has 1 aromatic heterocycles. The number of methoxy groups -OCH3 is 1. The lowest BCUT2D eigenvalue weighted by Gasteiger charge is -2.36. The summed E-state index contributed by atoms with van der Waals surface area (Å²) in [5.41, 5.74) is 9.98. The van der Waals surface area contributed by atoms with E-state index in [4.69, 9.17) is 9.84 Å². The molecule has 5 aromatic rings. The number of rotatable bonds is 4. The van der Waals surface area contributed by atoms with Crippen molar-refractivity contribution in [3.05, 3.63) is 137 Å². The Morgan fingerprint density at radius 1 is 0.800 bits per heavy atom. The van der Waals surface area contributed by atoms with Crippen molar-refractivity contribution in [2.45, 2.75) is 24.2 Å². The van der Waals surface area contributed by atoms with Crippen molar-refractivity contribution in [2.75, 3.05) is 7.11 Å². The van der Waals surface area contributed by atoms with Gasteiger partial charge in [0.1, 0.15) is 5.75 Å². The maximum Gasteiger partial charge on any atom is 0.118 e. The van der Waals surface area contributed by atoms with Crippen LogP contribution in [0.1, 0.15) is 40.3 Å². The molecule has 0 aliphatic heterocycles. The molecule has 7 rings (SSSR count). The summed E-state index contributed by atoms with van der Waals surface area (Å²) < 4.78 is 7.65. The molecule has 0 fully saturated rings. The van der Waals surface area contributed by atoms with E-state index < -0.39 is 0 Å². The third-order valence-corrected chi connectivity index (χ3v) is 7.89. The number of aromatic nitrogens is 2. The Morgan fingerprint density at radius 3 is 2.23 bits per heavy atom. The molecule has 0 amide bonds. The van der Waals surface area contributed by atoms with Crippen LogP contribution in [0.2, 0.25) is 0 Å². The molecule has 2 bridgehead atoms. The second-order valence-electron chi connectivity index (χ2n) is 9.61. The molecule has 0 saturated carbocycles. The molecular formula is C32H26N2O. The van der Waals surface area contributed by atoms with E-state index in [0.29, 0.717) is 5.92 Å². The van der Waals surface area contributed by atoms with Crippen molar-refractivity contribution in [1.29, 1.82) is 0 Å². The van der Waals surface area contributed by atoms with Crippen LogP contribution in [0.5, 0.6) is 5.75 Å². The molecule has 3 heteroatoms. The first-order chi connectivity index (χ1) is 17.3. The fourth-order valence-electron chi connectivity index (χ4n) is 6.45. The summed E-state index contributed by atoms with van der Waals surface area (Å²) in [6.45, 7) is 0. The average molecular weight is 455 g/mol. The van der Waals surface area contributed by atoms with Crippen LogP contribution >= 0.6 is 0 Å². The van der Waals surface area contributed by atoms with Crippen molar-refractivity contribution in [2.24, 2.45) is 0 Å². The molecule has 35 heavy (non-hydrogen) atoms. The van der Waals surface area contributed by atoms with Gasteiger partial charge in [-0.15, -0.1) is 0 Å². The number of ether oxygens (including phenoxy) is 1. The number of nitrogens with zero attached hydrogens (tertiary/aromatic N) is 2. The third kappa shape index (κ3) is 2.88. The summed E-state index contributed by atoms with van der Waals surface area (Å²) in [5.74, 6) is 1.33. The predicted molar refractivity (Wildman–Crippen MR) is 139 cm³/mol. The van der Waals surface area contributed by atoms with Crippen LogP contribution < -0.4 is 4.74 Å². The van der Waals surface area contributed by atoms with Crippen LogP contribution in [0.15, 0.2) is 109 Å². The van der Waals surface area contributed by atoms with Gasteiger partial charge in [0.2, 0.25) is 0 Å². The highest BCUT2D eigenvalue weighted by Gasteiger charge is 2.53. The molecule has 1 heterocycles. The molecule has 2 aliphatic carbocycles. The molecule has 0 radical (unpaired) electrons. The zero-order chi connectivity index (χ0) is 23.4. The van der Waals surface area contributed by atoms with Gasteiger partial charge in [-0.3, -0.25) is 0 Å². The first kappa shape index (κ1) is 20.3. The smallest absolute Gasteiger partial charge is 0.118 e. The number of benzene rings is 4. The van der Waals surface area contributed by atoms with E-state index in [9.17, 15) is 0 Å². The lowest BCUT2D eigenvalue weighted by molar-refractivity contribution is 0.415. The van der Waals surface area contributed by atoms with Crippen molar-refractivity contribution < 1.29 is 4.74 Å². The minimum Gasteiger partial charge on any atom is -0.497 e. The van der Waals surface area contributed by atoms with Crippen LogP contribution in [0.3, 0.4) is 0 Å². The molecule has 0 spiro atoms. The molecule has 0 unspecified atom stereocenters. The van der Waals surface area contributed by atoms with Crippen LogP contribution in [-0.2, 0) is 11.8 Å². The van der Waals surface area contributed by atoms with Crippen LogP contribution in [0.4, 0.5) is 0 Å². The quantitative estimate of drug-likeness (QED) is 0.295. The average Bonchev–Trinajstić information content (AvgIpc) is 3.45. The topological polar surface area (TPSA) is 27.1 Å². The number of hydrogen-bond acceptors (Lipinski definition) is 2. The molecule has 0 N–H and O–H groups in total. The van der Waals surface area contributed by atoms with Crippen molar-refractivity contribution in [1.82, 2.24) is 9.78 Å². The number of para-hydroxylation sites is 1. The summed E-state index contributed by atoms with van der Waals surface area (Å²) in [6.07, 6.45) is 2.06. The van der Waals surface area contributed by atoms with Gasteiger partial charge in [-0.1, -0.05) is 72.8 Å². The van der Waals surface area contributed by atoms with Gasteiger partial charge in [-0.2, -0.15) is 5.10 Å². The Hall–Kier alpha value is -4.11. The van der Waals surface area contributed by atoms with Crippen LogP contribution in [0, 0.1) is 0 Å². The first-order valence-corrected chi connectivity index (χ1v) is 12.3. The highest BCUT2D eigenvalue weighted by atomic mass is 16.5. The van der Waals surface area contributed by atoms with Crippen LogP contribution in [0.25, 0.3) is 16.9 Å². The van der Waals surface area contributed by atoms with Crippen molar-refractivity contribution >= 4 is 0 Å². The Kier molecular flexibility index (Phi) is 4.47. The monoisotopic (exact) mass is 454 g/mol. The Morgan fingerprint density at radius 2 is 1.49 bits per heavy atom. The number of fused-ring (bicyclic) bond motifs is 7. The molecule has 0 saturated heterocycles. The van der Waals surface area contributed by atoms with Gasteiger partial charge in [0.05, 0.1) is 18.5 Å². The van der Waals surface area contributed by atoms with Gasteiger partial charge in [0.15, 0.2) is 0 Å². The van der Waals surface area contributed by atoms with Gasteiger partial charge in [-0.05, 0) is 71.8 Å². The Labute approximate surface area is 205 Å². The van der Waals surface area contributed by atoms with Crippen molar-refractivity contribution in [3.63, 3.8) is 0 Å². The predicted octanol–water partition coefficient (Wildman–Crippen LogP) is 6.93. The highest BCUT2D eigenvalue weighted by molar-refractivity contribution is 5.74. The van der Waals surface area contributed by atoms with Crippen molar-refractivity contribution in [3.8, 4) is 22.7 Å². The standard InChI is InChI=1S/C32H26N2O/c1-35-26-18-16-22(17-19-26)31-30-29(34(33-31)25-12-6-3-7-13-25)20-23-21-32(30,24-10-4-2-5-11-24)28-15-9-8-14-27(23)28/h2-19,23H,20-21H2,1H3/t23-,32-/m1/s1. The summed E-state index contributed by atoms with van der Waals surface area (Å²) in [6, 6.07) is 39.0. The zero-order valence-electron chi connectivity index (χ0n) is 19.7. The summed E-state index contributed by atoms with van der Waals surface area (Å²) in [5, 5.41) is 5.33. The lowest BCUT2D eigenvalue weighted by Crippen LogP contribution is -2.31. The number of hydrogen-bond donors (Lipinski definition) is 0. The van der Waals surface area contributed by atoms with E-state index in [1.54, 1.807) is 7.11 Å². The second-order valence-corrected chi connectivity index (χ2v) is 9.61. The molecular weight excluding hydrogens is 428 g/mol. The van der Waals surface area contributed by atoms with E-state index in [1.807, 2.05) is 12.1 Å². The molecule has 2 aliphatic rings. The summed E-state index contributed by atoms with van der Waals surface area (Å²) in [4.78, 5) is 0. The fourth-order valence-corrected chi connectivity index (χ4v) is 6.45.